The molecule has 0 spiro atoms. The van der Waals surface area contributed by atoms with E-state index in [0.29, 0.717) is 40.4 Å². The maximum atomic E-state index is 15.5. The fourth-order valence-electron chi connectivity index (χ4n) is 4.94. The number of nitrogens with zero attached hydrogens (tertiary/aromatic N) is 4. The second-order valence-corrected chi connectivity index (χ2v) is 11.2. The Labute approximate surface area is 204 Å². The van der Waals surface area contributed by atoms with Gasteiger partial charge in [-0.2, -0.15) is 0 Å². The molecule has 0 amide bonds. The van der Waals surface area contributed by atoms with Gasteiger partial charge >= 0.3 is 0 Å². The van der Waals surface area contributed by atoms with Crippen LogP contribution >= 0.6 is 8.23 Å². The van der Waals surface area contributed by atoms with Crippen LogP contribution in [0.15, 0.2) is 49.0 Å². The maximum Gasteiger partial charge on any atom is 0.198 e. The van der Waals surface area contributed by atoms with Crippen molar-refractivity contribution in [3.8, 4) is 11.4 Å². The molecule has 4 aromatic rings. The number of fused-ring (bicyclic) bond motifs is 3. The van der Waals surface area contributed by atoms with E-state index >= 15 is 4.20 Å². The van der Waals surface area contributed by atoms with Gasteiger partial charge in [0.15, 0.2) is 23.0 Å². The molecule has 0 saturated heterocycles. The number of imidazole rings is 1. The number of aromatic nitrogens is 4. The van der Waals surface area contributed by atoms with Crippen LogP contribution in [0.4, 0.5) is 10.0 Å². The molecule has 8 heteroatoms. The van der Waals surface area contributed by atoms with Crippen LogP contribution in [0.2, 0.25) is 0 Å². The van der Waals surface area contributed by atoms with E-state index in [2.05, 4.69) is 33.4 Å². The number of aliphatic hydroxyl groups excluding tert-OH is 1. The van der Waals surface area contributed by atoms with Gasteiger partial charge in [0.05, 0.1) is 0 Å². The van der Waals surface area contributed by atoms with Crippen LogP contribution in [-0.2, 0) is 6.54 Å². The summed E-state index contributed by atoms with van der Waals surface area (Å²) in [5, 5.41) is 15.1. The summed E-state index contributed by atoms with van der Waals surface area (Å²) in [6.45, 7) is 8.36. The Bertz CT molecular complexity index is 1460. The van der Waals surface area contributed by atoms with Crippen LogP contribution < -0.4 is 15.9 Å². The quantitative estimate of drug-likeness (QED) is 0.289. The molecule has 2 unspecified atom stereocenters. The third kappa shape index (κ3) is 3.79. The molecule has 1 saturated carbocycles. The first-order valence-corrected chi connectivity index (χ1v) is 13.2. The predicted octanol–water partition coefficient (Wildman–Crippen LogP) is 5.61. The Kier molecular flexibility index (Phi) is 5.33. The normalized spacial score (nSPS) is 18.0. The lowest BCUT2D eigenvalue weighted by Gasteiger charge is -2.32. The molecule has 2 aliphatic heterocycles. The summed E-state index contributed by atoms with van der Waals surface area (Å²) < 4.78 is 17.6. The van der Waals surface area contributed by atoms with Crippen LogP contribution in [0.1, 0.15) is 43.1 Å². The molecule has 3 aliphatic rings. The monoisotopic (exact) mass is 487 g/mol. The largest absolute Gasteiger partial charge is 0.505 e. The molecule has 1 fully saturated rings. The molecule has 2 N–H and O–H groups in total. The molecule has 35 heavy (non-hydrogen) atoms. The number of benzene rings is 2. The average Bonchev–Trinajstić information content (AvgIpc) is 3.15. The summed E-state index contributed by atoms with van der Waals surface area (Å²) in [5.41, 5.74) is 4.17. The van der Waals surface area contributed by atoms with Crippen molar-refractivity contribution in [1.29, 1.82) is 0 Å². The number of aliphatic hydroxyl groups is 1. The van der Waals surface area contributed by atoms with E-state index in [4.69, 9.17) is 4.98 Å². The van der Waals surface area contributed by atoms with Crippen molar-refractivity contribution in [3.05, 3.63) is 66.0 Å². The lowest BCUT2D eigenvalue weighted by Crippen LogP contribution is -2.31. The van der Waals surface area contributed by atoms with Crippen LogP contribution in [0, 0.1) is 12.8 Å². The molecule has 178 valence electrons. The minimum Gasteiger partial charge on any atom is -0.505 e. The van der Waals surface area contributed by atoms with Gasteiger partial charge in [-0.15, -0.1) is 0 Å². The first-order chi connectivity index (χ1) is 16.9. The Balaban J connectivity index is 1.63. The van der Waals surface area contributed by atoms with Gasteiger partial charge in [0, 0.05) is 28.8 Å². The fourth-order valence-corrected chi connectivity index (χ4v) is 6.09. The molecule has 1 aliphatic carbocycles. The molecular weight excluding hydrogens is 460 g/mol. The zero-order valence-corrected chi connectivity index (χ0v) is 20.7. The van der Waals surface area contributed by atoms with E-state index in [1.165, 1.54) is 19.3 Å². The van der Waals surface area contributed by atoms with Gasteiger partial charge in [-0.25, -0.2) is 19.1 Å². The fraction of sp³-hybridized carbons (Fsp3) is 0.296. The number of nitrogens with one attached hydrogen (secondary N) is 1. The van der Waals surface area contributed by atoms with E-state index in [1.54, 1.807) is 0 Å². The second-order valence-electron chi connectivity index (χ2n) is 9.61. The Morgan fingerprint density at radius 1 is 1.14 bits per heavy atom. The Morgan fingerprint density at radius 3 is 2.57 bits per heavy atom. The molecule has 0 radical (unpaired) electrons. The van der Waals surface area contributed by atoms with Gasteiger partial charge in [-0.05, 0) is 49.8 Å². The summed E-state index contributed by atoms with van der Waals surface area (Å²) in [6, 6.07) is 13.7. The summed E-state index contributed by atoms with van der Waals surface area (Å²) in [7, 11) is -1.96. The zero-order chi connectivity index (χ0) is 24.3. The number of hydrogen-bond donors (Lipinski definition) is 2. The van der Waals surface area contributed by atoms with Crippen LogP contribution in [-0.4, -0.2) is 30.7 Å². The zero-order valence-electron chi connectivity index (χ0n) is 19.8. The van der Waals surface area contributed by atoms with Crippen molar-refractivity contribution in [3.63, 3.8) is 0 Å². The Hall–Kier alpha value is -3.31. The first kappa shape index (κ1) is 22.2. The first-order valence-electron chi connectivity index (χ1n) is 12.0. The highest BCUT2D eigenvalue weighted by atomic mass is 31.2. The van der Waals surface area contributed by atoms with E-state index in [1.807, 2.05) is 49.4 Å². The van der Waals surface area contributed by atoms with Crippen LogP contribution in [0.3, 0.4) is 0 Å². The van der Waals surface area contributed by atoms with E-state index < -0.39 is 8.23 Å². The maximum absolute atomic E-state index is 15.5. The Morgan fingerprint density at radius 2 is 1.89 bits per heavy atom. The molecule has 7 rings (SSSR count). The molecule has 2 aromatic carbocycles. The minimum absolute atomic E-state index is 0.153. The smallest absolute Gasteiger partial charge is 0.198 e. The average molecular weight is 488 g/mol. The van der Waals surface area contributed by atoms with E-state index in [-0.39, 0.29) is 17.6 Å². The van der Waals surface area contributed by atoms with Gasteiger partial charge in [-0.1, -0.05) is 49.4 Å². The molecule has 4 bridgehead atoms. The minimum atomic E-state index is -1.96. The highest BCUT2D eigenvalue weighted by Crippen LogP contribution is 2.39. The molecule has 2 aromatic heterocycles. The summed E-state index contributed by atoms with van der Waals surface area (Å²) in [6.07, 6.45) is 3.63. The van der Waals surface area contributed by atoms with Gasteiger partial charge in [0.1, 0.15) is 19.6 Å². The van der Waals surface area contributed by atoms with Gasteiger partial charge in [-0.3, -0.25) is 0 Å². The number of halogens is 1. The van der Waals surface area contributed by atoms with Crippen molar-refractivity contribution in [2.75, 3.05) is 5.32 Å². The lowest BCUT2D eigenvalue weighted by atomic mass is 9.80. The second kappa shape index (κ2) is 8.42. The summed E-state index contributed by atoms with van der Waals surface area (Å²) in [5.74, 6) is 1.88. The van der Waals surface area contributed by atoms with Gasteiger partial charge < -0.3 is 15.0 Å². The van der Waals surface area contributed by atoms with Gasteiger partial charge in [0.2, 0.25) is 0 Å². The van der Waals surface area contributed by atoms with Crippen molar-refractivity contribution in [2.24, 2.45) is 5.92 Å². The van der Waals surface area contributed by atoms with E-state index in [0.717, 1.165) is 22.2 Å². The van der Waals surface area contributed by atoms with Crippen LogP contribution in [0.5, 0.6) is 0 Å². The van der Waals surface area contributed by atoms with E-state index in [9.17, 15) is 5.11 Å². The van der Waals surface area contributed by atoms with Crippen molar-refractivity contribution in [2.45, 2.75) is 45.7 Å². The molecular formula is C27H27FN5OP. The number of hydrogen-bond acceptors (Lipinski definition) is 5. The molecule has 6 nitrogen and oxygen atoms in total. The summed E-state index contributed by atoms with van der Waals surface area (Å²) in [4.78, 5) is 14.1. The topological polar surface area (TPSA) is 75.9 Å². The standard InChI is InChI=1S/C27H27FN5OP/c1-15-7-10-21-13-22(15)27-32-26-23(33(27)14-18-8-11-20(12-9-18)35(21)28)25(30-24(31-26)17(3)34)29-16(2)19-5-4-6-19/h7-13,16,19,34H,3-6,14H2,1-2H3,(H,29,30,31). The highest BCUT2D eigenvalue weighted by molar-refractivity contribution is 7.68. The number of rotatable bonds is 4. The van der Waals surface area contributed by atoms with Gasteiger partial charge in [0.25, 0.3) is 0 Å². The SMILES string of the molecule is C=C(O)c1nc(NC(C)C2CCC2)c2c(n1)nc1n2Cc2ccc(cc2)P(F)c2ccc(C)c-1c2. The van der Waals surface area contributed by atoms with Crippen molar-refractivity contribution in [1.82, 2.24) is 19.5 Å². The number of aryl methyl sites for hydroxylation is 1. The van der Waals surface area contributed by atoms with Crippen molar-refractivity contribution >= 4 is 41.6 Å². The molecule has 2 atom stereocenters. The van der Waals surface area contributed by atoms with Crippen molar-refractivity contribution < 1.29 is 9.30 Å². The third-order valence-electron chi connectivity index (χ3n) is 7.27. The van der Waals surface area contributed by atoms with Crippen LogP contribution in [0.25, 0.3) is 28.3 Å². The predicted molar refractivity (Wildman–Crippen MR) is 140 cm³/mol. The highest BCUT2D eigenvalue weighted by Gasteiger charge is 2.28. The molecule has 4 heterocycles. The summed E-state index contributed by atoms with van der Waals surface area (Å²) >= 11 is 0. The third-order valence-corrected chi connectivity index (χ3v) is 8.76. The lowest BCUT2D eigenvalue weighted by molar-refractivity contribution is 0.285. The number of anilines is 1.